The third kappa shape index (κ3) is 4.03. The normalized spacial score (nSPS) is 17.8. The molecule has 31 heavy (non-hydrogen) atoms. The van der Waals surface area contributed by atoms with E-state index in [1.165, 1.54) is 0 Å². The number of rotatable bonds is 3. The first-order chi connectivity index (χ1) is 14.7. The zero-order valence-electron chi connectivity index (χ0n) is 17.4. The number of allylic oxidation sites excluding steroid dienone is 1. The molecule has 1 unspecified atom stereocenters. The van der Waals surface area contributed by atoms with E-state index >= 15 is 0 Å². The lowest BCUT2D eigenvalue weighted by Gasteiger charge is -2.36. The molecule has 0 spiro atoms. The van der Waals surface area contributed by atoms with Crippen molar-refractivity contribution in [3.8, 4) is 11.1 Å². The fraction of sp³-hybridized carbons (Fsp3) is 0.208. The van der Waals surface area contributed by atoms with Crippen LogP contribution >= 0.6 is 23.2 Å². The molecule has 0 saturated heterocycles. The molecule has 4 rings (SSSR count). The van der Waals surface area contributed by atoms with E-state index in [0.29, 0.717) is 32.8 Å². The van der Waals surface area contributed by atoms with Crippen molar-refractivity contribution < 1.29 is 9.21 Å². The third-order valence-electron chi connectivity index (χ3n) is 5.62. The molecule has 1 atom stereocenters. The molecule has 5 nitrogen and oxygen atoms in total. The van der Waals surface area contributed by atoms with Crippen LogP contribution in [0.25, 0.3) is 22.1 Å². The molecule has 1 aliphatic rings. The van der Waals surface area contributed by atoms with Gasteiger partial charge in [-0.05, 0) is 42.8 Å². The number of hydrogen-bond donors (Lipinski definition) is 3. The lowest BCUT2D eigenvalue weighted by molar-refractivity contribution is 0.240. The Labute approximate surface area is 190 Å². The van der Waals surface area contributed by atoms with Crippen LogP contribution in [0.3, 0.4) is 0 Å². The summed E-state index contributed by atoms with van der Waals surface area (Å²) in [5.74, 6) is 0.293. The van der Waals surface area contributed by atoms with Crippen LogP contribution in [0.1, 0.15) is 20.8 Å². The largest absolute Gasteiger partial charge is 0.440 e. The van der Waals surface area contributed by atoms with Crippen molar-refractivity contribution in [2.75, 3.05) is 5.32 Å². The molecule has 1 aromatic heterocycles. The van der Waals surface area contributed by atoms with Crippen LogP contribution in [0.4, 0.5) is 10.7 Å². The minimum absolute atomic E-state index is 0.264. The van der Waals surface area contributed by atoms with E-state index in [0.717, 1.165) is 16.5 Å². The van der Waals surface area contributed by atoms with E-state index in [9.17, 15) is 4.79 Å². The number of urea groups is 1. The van der Waals surface area contributed by atoms with Crippen molar-refractivity contribution in [1.82, 2.24) is 5.32 Å². The number of carbonyl (C=O) groups excluding carboxylic acids is 1. The Morgan fingerprint density at radius 1 is 1.16 bits per heavy atom. The summed E-state index contributed by atoms with van der Waals surface area (Å²) in [6.45, 7) is 6.01. The van der Waals surface area contributed by atoms with E-state index in [2.05, 4.69) is 10.6 Å². The van der Waals surface area contributed by atoms with Crippen LogP contribution in [0.5, 0.6) is 0 Å². The molecule has 2 aromatic carbocycles. The summed E-state index contributed by atoms with van der Waals surface area (Å²) in [4.78, 5) is 13.0. The van der Waals surface area contributed by atoms with Crippen LogP contribution in [0, 0.1) is 5.41 Å². The van der Waals surface area contributed by atoms with Crippen molar-refractivity contribution in [2.24, 2.45) is 11.1 Å². The summed E-state index contributed by atoms with van der Waals surface area (Å²) < 4.78 is 5.98. The molecular weight excluding hydrogens is 433 g/mol. The number of hydrogen-bond acceptors (Lipinski definition) is 3. The Morgan fingerprint density at radius 2 is 1.90 bits per heavy atom. The number of fused-ring (bicyclic) bond motifs is 1. The average molecular weight is 456 g/mol. The standard InChI is InChI=1S/C24H23Cl2N3O2/c1-13-18(27)10-11-24(2,3)21(13)28-23(30)29-22-20(15-6-4-5-7-17(15)26)16-12-14(25)8-9-19(16)31-22/h4-12,21H,27H2,1-3H3,(H2,28,29,30). The van der Waals surface area contributed by atoms with Crippen LogP contribution in [-0.2, 0) is 0 Å². The highest BCUT2D eigenvalue weighted by molar-refractivity contribution is 6.34. The van der Waals surface area contributed by atoms with Gasteiger partial charge < -0.3 is 15.5 Å². The maximum Gasteiger partial charge on any atom is 0.322 e. The first-order valence-corrected chi connectivity index (χ1v) is 10.6. The van der Waals surface area contributed by atoms with Gasteiger partial charge in [-0.3, -0.25) is 5.32 Å². The molecule has 2 amide bonds. The van der Waals surface area contributed by atoms with Gasteiger partial charge in [0.25, 0.3) is 0 Å². The summed E-state index contributed by atoms with van der Waals surface area (Å²) in [7, 11) is 0. The maximum absolute atomic E-state index is 13.0. The predicted octanol–water partition coefficient (Wildman–Crippen LogP) is 6.73. The molecule has 0 aliphatic heterocycles. The van der Waals surface area contributed by atoms with Gasteiger partial charge in [0.2, 0.25) is 5.88 Å². The van der Waals surface area contributed by atoms with E-state index in [-0.39, 0.29) is 11.5 Å². The molecule has 7 heteroatoms. The van der Waals surface area contributed by atoms with E-state index in [1.807, 2.05) is 51.1 Å². The number of carbonyl (C=O) groups is 1. The lowest BCUT2D eigenvalue weighted by atomic mass is 9.76. The number of furan rings is 1. The van der Waals surface area contributed by atoms with Crippen molar-refractivity contribution in [1.29, 1.82) is 0 Å². The molecule has 3 aromatic rings. The van der Waals surface area contributed by atoms with Gasteiger partial charge in [0, 0.05) is 32.1 Å². The number of nitrogens with one attached hydrogen (secondary N) is 2. The summed E-state index contributed by atoms with van der Waals surface area (Å²) in [6, 6.07) is 12.0. The van der Waals surface area contributed by atoms with Crippen LogP contribution in [-0.4, -0.2) is 12.1 Å². The van der Waals surface area contributed by atoms with Crippen molar-refractivity contribution in [3.63, 3.8) is 0 Å². The number of benzene rings is 2. The van der Waals surface area contributed by atoms with Crippen LogP contribution in [0.2, 0.25) is 10.0 Å². The molecule has 0 bridgehead atoms. The minimum atomic E-state index is -0.404. The van der Waals surface area contributed by atoms with Gasteiger partial charge in [-0.15, -0.1) is 0 Å². The lowest BCUT2D eigenvalue weighted by Crippen LogP contribution is -2.48. The first-order valence-electron chi connectivity index (χ1n) is 9.87. The Balaban J connectivity index is 1.72. The molecule has 0 fully saturated rings. The predicted molar refractivity (Wildman–Crippen MR) is 127 cm³/mol. The molecular formula is C24H23Cl2N3O2. The van der Waals surface area contributed by atoms with E-state index in [1.54, 1.807) is 24.3 Å². The zero-order valence-corrected chi connectivity index (χ0v) is 18.9. The second-order valence-electron chi connectivity index (χ2n) is 8.25. The molecule has 1 heterocycles. The molecule has 0 saturated carbocycles. The topological polar surface area (TPSA) is 80.3 Å². The molecule has 160 valence electrons. The minimum Gasteiger partial charge on any atom is -0.440 e. The van der Waals surface area contributed by atoms with Gasteiger partial charge >= 0.3 is 6.03 Å². The van der Waals surface area contributed by atoms with Gasteiger partial charge in [-0.1, -0.05) is 61.3 Å². The van der Waals surface area contributed by atoms with Crippen molar-refractivity contribution in [3.05, 3.63) is 75.9 Å². The summed E-state index contributed by atoms with van der Waals surface area (Å²) >= 11 is 12.7. The van der Waals surface area contributed by atoms with Gasteiger partial charge in [-0.2, -0.15) is 0 Å². The van der Waals surface area contributed by atoms with Gasteiger partial charge in [0.15, 0.2) is 0 Å². The zero-order chi connectivity index (χ0) is 22.3. The number of nitrogens with two attached hydrogens (primary N) is 1. The first kappa shape index (κ1) is 21.3. The second kappa shape index (κ2) is 7.98. The van der Waals surface area contributed by atoms with Gasteiger partial charge in [0.05, 0.1) is 11.6 Å². The van der Waals surface area contributed by atoms with E-state index in [4.69, 9.17) is 33.4 Å². The third-order valence-corrected chi connectivity index (χ3v) is 6.19. The Bertz CT molecular complexity index is 1240. The summed E-state index contributed by atoms with van der Waals surface area (Å²) in [6.07, 6.45) is 3.88. The number of amides is 2. The van der Waals surface area contributed by atoms with Crippen LogP contribution < -0.4 is 16.4 Å². The number of anilines is 1. The molecule has 0 radical (unpaired) electrons. The quantitative estimate of drug-likeness (QED) is 0.409. The van der Waals surface area contributed by atoms with Crippen molar-refractivity contribution >= 4 is 46.1 Å². The average Bonchev–Trinajstić information content (AvgIpc) is 3.05. The highest BCUT2D eigenvalue weighted by atomic mass is 35.5. The Kier molecular flexibility index (Phi) is 5.50. The second-order valence-corrected chi connectivity index (χ2v) is 9.09. The fourth-order valence-electron chi connectivity index (χ4n) is 3.91. The van der Waals surface area contributed by atoms with E-state index < -0.39 is 6.03 Å². The monoisotopic (exact) mass is 455 g/mol. The van der Waals surface area contributed by atoms with Crippen LogP contribution in [0.15, 0.2) is 70.3 Å². The summed E-state index contributed by atoms with van der Waals surface area (Å²) in [5, 5.41) is 7.75. The van der Waals surface area contributed by atoms with Gasteiger partial charge in [0.1, 0.15) is 5.58 Å². The molecule has 1 aliphatic carbocycles. The fourth-order valence-corrected chi connectivity index (χ4v) is 4.31. The SMILES string of the molecule is CC1=C(N)C=CC(C)(C)C1NC(=O)Nc1oc2ccc(Cl)cc2c1-c1ccccc1Cl. The van der Waals surface area contributed by atoms with Gasteiger partial charge in [-0.25, -0.2) is 4.79 Å². The Hall–Kier alpha value is -2.89. The Morgan fingerprint density at radius 3 is 2.65 bits per heavy atom. The highest BCUT2D eigenvalue weighted by Crippen LogP contribution is 2.42. The smallest absolute Gasteiger partial charge is 0.322 e. The highest BCUT2D eigenvalue weighted by Gasteiger charge is 2.33. The number of halogens is 2. The van der Waals surface area contributed by atoms with Crippen molar-refractivity contribution in [2.45, 2.75) is 26.8 Å². The maximum atomic E-state index is 13.0. The molecule has 4 N–H and O–H groups in total. The summed E-state index contributed by atoms with van der Waals surface area (Å²) in [5.41, 5.74) is 9.35.